The molecule has 2 N–H and O–H groups in total. The molecule has 1 aliphatic carbocycles. The first-order valence-electron chi connectivity index (χ1n) is 6.84. The van der Waals surface area contributed by atoms with Gasteiger partial charge in [-0.15, -0.1) is 0 Å². The minimum Gasteiger partial charge on any atom is -0.373 e. The minimum atomic E-state index is 0.0266. The van der Waals surface area contributed by atoms with Gasteiger partial charge in [-0.2, -0.15) is 0 Å². The van der Waals surface area contributed by atoms with E-state index in [1.54, 1.807) is 0 Å². The molecule has 1 amide bonds. The molecule has 0 spiro atoms. The summed E-state index contributed by atoms with van der Waals surface area (Å²) < 4.78 is 5.59. The van der Waals surface area contributed by atoms with E-state index in [1.807, 2.05) is 4.90 Å². The summed E-state index contributed by atoms with van der Waals surface area (Å²) in [4.78, 5) is 14.5. The number of ether oxygens (including phenoxy) is 1. The smallest absolute Gasteiger partial charge is 0.226 e. The monoisotopic (exact) mass is 240 g/mol. The maximum absolute atomic E-state index is 12.5. The summed E-state index contributed by atoms with van der Waals surface area (Å²) in [5.41, 5.74) is 5.63. The number of rotatable bonds is 2. The van der Waals surface area contributed by atoms with E-state index in [0.29, 0.717) is 25.6 Å². The number of carbonyl (C=O) groups excluding carboxylic acids is 1. The summed E-state index contributed by atoms with van der Waals surface area (Å²) in [5.74, 6) is 0.585. The van der Waals surface area contributed by atoms with Gasteiger partial charge in [-0.25, -0.2) is 0 Å². The molecule has 2 unspecified atom stereocenters. The standard InChI is InChI=1S/C13H24N2O2/c1-10-9-17-12(7-14)8-15(10)13(16)11-5-3-2-4-6-11/h10-12H,2-9,14H2,1H3. The normalized spacial score (nSPS) is 31.5. The lowest BCUT2D eigenvalue weighted by Gasteiger charge is -2.40. The number of nitrogens with two attached hydrogens (primary N) is 1. The lowest BCUT2D eigenvalue weighted by atomic mass is 9.88. The van der Waals surface area contributed by atoms with Crippen molar-refractivity contribution >= 4 is 5.91 Å². The second-order valence-electron chi connectivity index (χ2n) is 5.37. The van der Waals surface area contributed by atoms with E-state index in [0.717, 1.165) is 12.8 Å². The molecule has 2 fully saturated rings. The molecule has 2 aliphatic rings. The van der Waals surface area contributed by atoms with Crippen LogP contribution in [0.1, 0.15) is 39.0 Å². The highest BCUT2D eigenvalue weighted by molar-refractivity contribution is 5.79. The Morgan fingerprint density at radius 1 is 1.35 bits per heavy atom. The van der Waals surface area contributed by atoms with Crippen LogP contribution in [0.3, 0.4) is 0 Å². The fraction of sp³-hybridized carbons (Fsp3) is 0.923. The Balaban J connectivity index is 1.95. The molecule has 1 aliphatic heterocycles. The van der Waals surface area contributed by atoms with Gasteiger partial charge in [0.2, 0.25) is 5.91 Å². The second-order valence-corrected chi connectivity index (χ2v) is 5.37. The van der Waals surface area contributed by atoms with Crippen molar-refractivity contribution in [2.24, 2.45) is 11.7 Å². The summed E-state index contributed by atoms with van der Waals surface area (Å²) in [6.07, 6.45) is 5.85. The highest BCUT2D eigenvalue weighted by Gasteiger charge is 2.33. The van der Waals surface area contributed by atoms with Crippen molar-refractivity contribution < 1.29 is 9.53 Å². The number of carbonyl (C=O) groups is 1. The van der Waals surface area contributed by atoms with Gasteiger partial charge in [-0.05, 0) is 19.8 Å². The van der Waals surface area contributed by atoms with Gasteiger partial charge in [0.05, 0.1) is 18.8 Å². The van der Waals surface area contributed by atoms with Gasteiger partial charge in [-0.1, -0.05) is 19.3 Å². The molecule has 17 heavy (non-hydrogen) atoms. The predicted molar refractivity (Wildman–Crippen MR) is 66.5 cm³/mol. The number of hydrogen-bond donors (Lipinski definition) is 1. The Hall–Kier alpha value is -0.610. The van der Waals surface area contributed by atoms with E-state index in [-0.39, 0.29) is 18.1 Å². The third kappa shape index (κ3) is 2.99. The zero-order valence-electron chi connectivity index (χ0n) is 10.7. The first kappa shape index (κ1) is 12.8. The lowest BCUT2D eigenvalue weighted by Crippen LogP contribution is -2.54. The number of amides is 1. The van der Waals surface area contributed by atoms with Crippen LogP contribution >= 0.6 is 0 Å². The summed E-state index contributed by atoms with van der Waals surface area (Å²) >= 11 is 0. The van der Waals surface area contributed by atoms with E-state index in [2.05, 4.69) is 6.92 Å². The minimum absolute atomic E-state index is 0.0266. The first-order chi connectivity index (χ1) is 8.22. The molecule has 1 heterocycles. The van der Waals surface area contributed by atoms with E-state index in [4.69, 9.17) is 10.5 Å². The molecule has 0 aromatic rings. The first-order valence-corrected chi connectivity index (χ1v) is 6.84. The number of nitrogens with zero attached hydrogens (tertiary/aromatic N) is 1. The van der Waals surface area contributed by atoms with Crippen LogP contribution in [0.2, 0.25) is 0 Å². The highest BCUT2D eigenvalue weighted by Crippen LogP contribution is 2.27. The van der Waals surface area contributed by atoms with Gasteiger partial charge < -0.3 is 15.4 Å². The van der Waals surface area contributed by atoms with E-state index in [1.165, 1.54) is 19.3 Å². The Labute approximate surface area is 103 Å². The third-order valence-electron chi connectivity index (χ3n) is 4.01. The Kier molecular flexibility index (Phi) is 4.40. The molecule has 2 rings (SSSR count). The van der Waals surface area contributed by atoms with Crippen LogP contribution < -0.4 is 5.73 Å². The molecule has 0 aromatic carbocycles. The Bertz CT molecular complexity index is 264. The second kappa shape index (κ2) is 5.83. The van der Waals surface area contributed by atoms with Gasteiger partial charge >= 0.3 is 0 Å². The molecule has 98 valence electrons. The van der Waals surface area contributed by atoms with Crippen molar-refractivity contribution in [3.05, 3.63) is 0 Å². The summed E-state index contributed by atoms with van der Waals surface area (Å²) in [6, 6.07) is 0.201. The van der Waals surface area contributed by atoms with E-state index >= 15 is 0 Å². The molecule has 1 saturated carbocycles. The molecule has 0 radical (unpaired) electrons. The number of hydrogen-bond acceptors (Lipinski definition) is 3. The molecule has 2 atom stereocenters. The molecule has 0 aromatic heterocycles. The van der Waals surface area contributed by atoms with Crippen LogP contribution in [0.5, 0.6) is 0 Å². The molecule has 1 saturated heterocycles. The number of morpholine rings is 1. The van der Waals surface area contributed by atoms with Gasteiger partial charge in [0.15, 0.2) is 0 Å². The van der Waals surface area contributed by atoms with Gasteiger partial charge in [-0.3, -0.25) is 4.79 Å². The van der Waals surface area contributed by atoms with Gasteiger partial charge in [0, 0.05) is 19.0 Å². The van der Waals surface area contributed by atoms with Crippen LogP contribution in [0.25, 0.3) is 0 Å². The van der Waals surface area contributed by atoms with Crippen LogP contribution in [-0.4, -0.2) is 42.6 Å². The van der Waals surface area contributed by atoms with Crippen molar-refractivity contribution in [1.82, 2.24) is 4.90 Å². The molecule has 0 bridgehead atoms. The Morgan fingerprint density at radius 2 is 2.06 bits per heavy atom. The van der Waals surface area contributed by atoms with E-state index in [9.17, 15) is 4.79 Å². The quantitative estimate of drug-likeness (QED) is 0.787. The van der Waals surface area contributed by atoms with Crippen molar-refractivity contribution in [1.29, 1.82) is 0 Å². The van der Waals surface area contributed by atoms with Crippen molar-refractivity contribution in [3.8, 4) is 0 Å². The summed E-state index contributed by atoms with van der Waals surface area (Å²) in [5, 5.41) is 0. The van der Waals surface area contributed by atoms with Crippen LogP contribution in [0.4, 0.5) is 0 Å². The van der Waals surface area contributed by atoms with Crippen LogP contribution in [-0.2, 0) is 9.53 Å². The maximum atomic E-state index is 12.5. The predicted octanol–water partition coefficient (Wildman–Crippen LogP) is 1.14. The fourth-order valence-electron chi connectivity index (χ4n) is 2.85. The van der Waals surface area contributed by atoms with Crippen molar-refractivity contribution in [2.75, 3.05) is 19.7 Å². The van der Waals surface area contributed by atoms with Crippen LogP contribution in [0.15, 0.2) is 0 Å². The van der Waals surface area contributed by atoms with E-state index < -0.39 is 0 Å². The topological polar surface area (TPSA) is 55.6 Å². The average molecular weight is 240 g/mol. The van der Waals surface area contributed by atoms with Gasteiger partial charge in [0.25, 0.3) is 0 Å². The zero-order valence-corrected chi connectivity index (χ0v) is 10.7. The lowest BCUT2D eigenvalue weighted by molar-refractivity contribution is -0.148. The molecule has 4 heteroatoms. The van der Waals surface area contributed by atoms with Gasteiger partial charge in [0.1, 0.15) is 0 Å². The van der Waals surface area contributed by atoms with Crippen LogP contribution in [0, 0.1) is 5.92 Å². The van der Waals surface area contributed by atoms with Crippen molar-refractivity contribution in [2.45, 2.75) is 51.2 Å². The maximum Gasteiger partial charge on any atom is 0.226 e. The molecule has 4 nitrogen and oxygen atoms in total. The molecular weight excluding hydrogens is 216 g/mol. The fourth-order valence-corrected chi connectivity index (χ4v) is 2.85. The SMILES string of the molecule is CC1COC(CN)CN1C(=O)C1CCCCC1. The highest BCUT2D eigenvalue weighted by atomic mass is 16.5. The third-order valence-corrected chi connectivity index (χ3v) is 4.01. The van der Waals surface area contributed by atoms with Crippen molar-refractivity contribution in [3.63, 3.8) is 0 Å². The average Bonchev–Trinajstić information content (AvgIpc) is 2.39. The summed E-state index contributed by atoms with van der Waals surface area (Å²) in [6.45, 7) is 3.86. The zero-order chi connectivity index (χ0) is 12.3. The largest absolute Gasteiger partial charge is 0.373 e. The Morgan fingerprint density at radius 3 is 2.71 bits per heavy atom. The summed E-state index contributed by atoms with van der Waals surface area (Å²) in [7, 11) is 0. The molecular formula is C13H24N2O2.